The monoisotopic (exact) mass is 343 g/mol. The van der Waals surface area contributed by atoms with Crippen molar-refractivity contribution in [2.24, 2.45) is 0 Å². The van der Waals surface area contributed by atoms with Crippen molar-refractivity contribution < 1.29 is 14.3 Å². The van der Waals surface area contributed by atoms with E-state index in [0.717, 1.165) is 13.0 Å². The van der Waals surface area contributed by atoms with Crippen molar-refractivity contribution in [2.75, 3.05) is 39.6 Å². The molecule has 0 aromatic heterocycles. The largest absolute Gasteiger partial charge is 0.492 e. The summed E-state index contributed by atoms with van der Waals surface area (Å²) in [5, 5.41) is 5.83. The highest BCUT2D eigenvalue weighted by molar-refractivity contribution is 5.98. The van der Waals surface area contributed by atoms with Gasteiger partial charge in [-0.15, -0.1) is 12.4 Å². The molecule has 1 aromatic rings. The van der Waals surface area contributed by atoms with Crippen LogP contribution >= 0.6 is 12.4 Å². The molecule has 2 N–H and O–H groups in total. The van der Waals surface area contributed by atoms with Crippen LogP contribution < -0.4 is 15.4 Å². The third kappa shape index (κ3) is 6.88. The van der Waals surface area contributed by atoms with Gasteiger partial charge >= 0.3 is 0 Å². The highest BCUT2D eigenvalue weighted by atomic mass is 35.5. The zero-order valence-electron chi connectivity index (χ0n) is 14.1. The first-order valence-electron chi connectivity index (χ1n) is 7.42. The number of hydrogen-bond acceptors (Lipinski definition) is 4. The van der Waals surface area contributed by atoms with E-state index < -0.39 is 0 Å². The fourth-order valence-electron chi connectivity index (χ4n) is 1.94. The van der Waals surface area contributed by atoms with Gasteiger partial charge < -0.3 is 20.3 Å². The van der Waals surface area contributed by atoms with E-state index in [4.69, 9.17) is 4.74 Å². The average molecular weight is 344 g/mol. The molecule has 0 radical (unpaired) electrons. The second-order valence-corrected chi connectivity index (χ2v) is 5.10. The van der Waals surface area contributed by atoms with Crippen molar-refractivity contribution in [1.82, 2.24) is 10.2 Å². The molecule has 1 rings (SSSR count). The number of anilines is 1. The lowest BCUT2D eigenvalue weighted by atomic mass is 10.1. The molecule has 0 unspecified atom stereocenters. The Kier molecular flexibility index (Phi) is 10.0. The molecule has 1 aromatic carbocycles. The summed E-state index contributed by atoms with van der Waals surface area (Å²) >= 11 is 0. The number of carbonyl (C=O) groups excluding carboxylic acids is 2. The van der Waals surface area contributed by atoms with Gasteiger partial charge in [-0.05, 0) is 45.1 Å². The molecule has 0 saturated carbocycles. The number of amides is 2. The third-order valence-electron chi connectivity index (χ3n) is 3.04. The molecular weight excluding hydrogens is 318 g/mol. The highest BCUT2D eigenvalue weighted by Gasteiger charge is 2.13. The van der Waals surface area contributed by atoms with Crippen LogP contribution in [0.2, 0.25) is 0 Å². The number of halogens is 1. The maximum atomic E-state index is 12.0. The molecule has 7 heteroatoms. The topological polar surface area (TPSA) is 70.7 Å². The molecule has 0 atom stereocenters. The van der Waals surface area contributed by atoms with Gasteiger partial charge in [0.1, 0.15) is 5.75 Å². The molecule has 0 saturated heterocycles. The Labute approximate surface area is 144 Å². The lowest BCUT2D eigenvalue weighted by molar-refractivity contribution is -0.116. The van der Waals surface area contributed by atoms with E-state index in [1.165, 1.54) is 4.90 Å². The maximum Gasteiger partial charge on any atom is 0.253 e. The Bertz CT molecular complexity index is 521. The zero-order chi connectivity index (χ0) is 16.5. The summed E-state index contributed by atoms with van der Waals surface area (Å²) in [6, 6.07) is 5.07. The van der Waals surface area contributed by atoms with E-state index in [2.05, 4.69) is 10.6 Å². The van der Waals surface area contributed by atoms with Gasteiger partial charge in [0.2, 0.25) is 5.91 Å². The van der Waals surface area contributed by atoms with Gasteiger partial charge in [-0.3, -0.25) is 9.59 Å². The third-order valence-corrected chi connectivity index (χ3v) is 3.04. The molecule has 130 valence electrons. The summed E-state index contributed by atoms with van der Waals surface area (Å²) in [5.74, 6) is 0.360. The van der Waals surface area contributed by atoms with Crippen molar-refractivity contribution in [3.63, 3.8) is 0 Å². The smallest absolute Gasteiger partial charge is 0.253 e. The Morgan fingerprint density at radius 2 is 1.96 bits per heavy atom. The normalized spacial score (nSPS) is 9.74. The number of carbonyl (C=O) groups is 2. The van der Waals surface area contributed by atoms with E-state index >= 15 is 0 Å². The van der Waals surface area contributed by atoms with E-state index in [1.54, 1.807) is 32.3 Å². The van der Waals surface area contributed by atoms with Crippen LogP contribution in [0.4, 0.5) is 5.69 Å². The number of benzene rings is 1. The van der Waals surface area contributed by atoms with Gasteiger partial charge in [-0.25, -0.2) is 0 Å². The summed E-state index contributed by atoms with van der Waals surface area (Å²) in [6.07, 6.45) is 1.17. The molecule has 2 amide bonds. The maximum absolute atomic E-state index is 12.0. The van der Waals surface area contributed by atoms with Crippen LogP contribution in [-0.4, -0.2) is 51.0 Å². The second-order valence-electron chi connectivity index (χ2n) is 5.10. The van der Waals surface area contributed by atoms with Crippen molar-refractivity contribution >= 4 is 29.9 Å². The first kappa shape index (κ1) is 21.2. The Balaban J connectivity index is 0.00000484. The number of nitrogens with one attached hydrogen (secondary N) is 2. The average Bonchev–Trinajstić information content (AvgIpc) is 2.48. The fourth-order valence-corrected chi connectivity index (χ4v) is 1.94. The van der Waals surface area contributed by atoms with Gasteiger partial charge in [0.25, 0.3) is 5.91 Å². The Hall–Kier alpha value is -1.79. The number of hydrogen-bond donors (Lipinski definition) is 2. The van der Waals surface area contributed by atoms with Crippen LogP contribution in [0.3, 0.4) is 0 Å². The van der Waals surface area contributed by atoms with Crippen molar-refractivity contribution in [3.8, 4) is 5.75 Å². The Morgan fingerprint density at radius 1 is 1.26 bits per heavy atom. The van der Waals surface area contributed by atoms with Crippen LogP contribution in [0.25, 0.3) is 0 Å². The van der Waals surface area contributed by atoms with Crippen molar-refractivity contribution in [2.45, 2.75) is 19.8 Å². The van der Waals surface area contributed by atoms with Gasteiger partial charge in [0.15, 0.2) is 0 Å². The predicted molar refractivity (Wildman–Crippen MR) is 94.7 cm³/mol. The van der Waals surface area contributed by atoms with Crippen LogP contribution in [-0.2, 0) is 4.79 Å². The van der Waals surface area contributed by atoms with Crippen molar-refractivity contribution in [1.29, 1.82) is 0 Å². The van der Waals surface area contributed by atoms with Gasteiger partial charge in [0.05, 0.1) is 12.3 Å². The molecule has 0 bridgehead atoms. The zero-order valence-corrected chi connectivity index (χ0v) is 15.0. The molecule has 0 aliphatic rings. The fraction of sp³-hybridized carbons (Fsp3) is 0.500. The van der Waals surface area contributed by atoms with Gasteiger partial charge in [-0.2, -0.15) is 0 Å². The highest BCUT2D eigenvalue weighted by Crippen LogP contribution is 2.26. The number of rotatable bonds is 8. The van der Waals surface area contributed by atoms with E-state index in [-0.39, 0.29) is 24.2 Å². The SMILES string of the molecule is CCOc1ccc(C(=O)N(C)C)cc1NC(=O)CCCNC.Cl. The van der Waals surface area contributed by atoms with Crippen LogP contribution in [0.1, 0.15) is 30.1 Å². The minimum absolute atomic E-state index is 0. The molecule has 23 heavy (non-hydrogen) atoms. The summed E-state index contributed by atoms with van der Waals surface area (Å²) in [7, 11) is 5.23. The quantitative estimate of drug-likeness (QED) is 0.709. The van der Waals surface area contributed by atoms with E-state index in [1.807, 2.05) is 14.0 Å². The van der Waals surface area contributed by atoms with Crippen molar-refractivity contribution in [3.05, 3.63) is 23.8 Å². The van der Waals surface area contributed by atoms with Gasteiger partial charge in [0, 0.05) is 26.1 Å². The first-order valence-corrected chi connectivity index (χ1v) is 7.42. The molecular formula is C16H26ClN3O3. The lowest BCUT2D eigenvalue weighted by Gasteiger charge is -2.15. The summed E-state index contributed by atoms with van der Waals surface area (Å²) < 4.78 is 5.51. The van der Waals surface area contributed by atoms with E-state index in [9.17, 15) is 9.59 Å². The second kappa shape index (κ2) is 10.9. The van der Waals surface area contributed by atoms with Crippen LogP contribution in [0.5, 0.6) is 5.75 Å². The predicted octanol–water partition coefficient (Wildman–Crippen LogP) is 2.15. The standard InChI is InChI=1S/C16H25N3O3.ClH/c1-5-22-14-9-8-12(16(21)19(3)4)11-13(14)18-15(20)7-6-10-17-2;/h8-9,11,17H,5-7,10H2,1-4H3,(H,18,20);1H. The number of ether oxygens (including phenoxy) is 1. The summed E-state index contributed by atoms with van der Waals surface area (Å²) in [6.45, 7) is 3.14. The molecule has 0 spiro atoms. The summed E-state index contributed by atoms with van der Waals surface area (Å²) in [5.41, 5.74) is 1.04. The first-order chi connectivity index (χ1) is 10.5. The summed E-state index contributed by atoms with van der Waals surface area (Å²) in [4.78, 5) is 25.5. The Morgan fingerprint density at radius 3 is 2.52 bits per heavy atom. The van der Waals surface area contributed by atoms with Crippen LogP contribution in [0.15, 0.2) is 18.2 Å². The van der Waals surface area contributed by atoms with E-state index in [0.29, 0.717) is 30.0 Å². The molecule has 0 fully saturated rings. The van der Waals surface area contributed by atoms with Crippen LogP contribution in [0, 0.1) is 0 Å². The number of nitrogens with zero attached hydrogens (tertiary/aromatic N) is 1. The molecule has 0 heterocycles. The minimum Gasteiger partial charge on any atom is -0.492 e. The molecule has 0 aliphatic heterocycles. The lowest BCUT2D eigenvalue weighted by Crippen LogP contribution is -2.22. The molecule has 0 aliphatic carbocycles. The van der Waals surface area contributed by atoms with Gasteiger partial charge in [-0.1, -0.05) is 0 Å². The minimum atomic E-state index is -0.117. The molecule has 6 nitrogen and oxygen atoms in total.